The molecule has 2 atom stereocenters. The van der Waals surface area contributed by atoms with Gasteiger partial charge in [-0.1, -0.05) is 12.6 Å². The zero-order valence-corrected chi connectivity index (χ0v) is 10.5. The molecule has 0 aromatic heterocycles. The first-order chi connectivity index (χ1) is 7.86. The monoisotopic (exact) mass is 274 g/mol. The first kappa shape index (κ1) is 13.9. The summed E-state index contributed by atoms with van der Waals surface area (Å²) < 4.78 is 40.3. The molecule has 0 bridgehead atoms. The van der Waals surface area contributed by atoms with Crippen molar-refractivity contribution in [2.45, 2.75) is 16.7 Å². The van der Waals surface area contributed by atoms with Gasteiger partial charge in [0.15, 0.2) is 27.9 Å². The summed E-state index contributed by atoms with van der Waals surface area (Å²) in [6.45, 7) is 4.89. The van der Waals surface area contributed by atoms with Crippen LogP contribution in [0, 0.1) is 0 Å². The smallest absolute Gasteiger partial charge is 0.189 e. The lowest BCUT2D eigenvalue weighted by atomic mass is 10.1. The molecule has 0 heterocycles. The molecule has 17 heavy (non-hydrogen) atoms. The molecule has 0 aliphatic carbocycles. The average molecular weight is 274 g/mol. The minimum absolute atomic E-state index is 0.0850. The highest BCUT2D eigenvalue weighted by molar-refractivity contribution is 7.82. The second kappa shape index (κ2) is 5.46. The highest BCUT2D eigenvalue weighted by Gasteiger charge is 2.21. The number of carbonyl (C=O) groups excluding carboxylic acids is 1. The van der Waals surface area contributed by atoms with E-state index >= 15 is 0 Å². The Morgan fingerprint density at radius 2 is 1.82 bits per heavy atom. The van der Waals surface area contributed by atoms with E-state index in [1.165, 1.54) is 25.1 Å². The van der Waals surface area contributed by atoms with Gasteiger partial charge in [-0.2, -0.15) is 0 Å². The van der Waals surface area contributed by atoms with Crippen LogP contribution in [-0.2, 0) is 22.2 Å². The summed E-state index contributed by atoms with van der Waals surface area (Å²) in [5.74, 6) is -0.533. The maximum atomic E-state index is 11.7. The fourth-order valence-electron chi connectivity index (χ4n) is 1.24. The van der Waals surface area contributed by atoms with Crippen LogP contribution in [0.2, 0.25) is 0 Å². The number of hydrogen-bond donors (Lipinski definition) is 2. The van der Waals surface area contributed by atoms with E-state index in [0.29, 0.717) is 0 Å². The van der Waals surface area contributed by atoms with Gasteiger partial charge in [0.1, 0.15) is 0 Å². The zero-order chi connectivity index (χ0) is 13.2. The second-order valence-corrected chi connectivity index (χ2v) is 5.09. The second-order valence-electron chi connectivity index (χ2n) is 3.24. The fraction of sp³-hybridized carbons (Fsp3) is 0.100. The van der Waals surface area contributed by atoms with Gasteiger partial charge < -0.3 is 9.11 Å². The molecule has 0 spiro atoms. The maximum absolute atomic E-state index is 11.7. The van der Waals surface area contributed by atoms with Crippen LogP contribution in [-0.4, -0.2) is 23.3 Å². The summed E-state index contributed by atoms with van der Waals surface area (Å²) in [6.07, 6.45) is 0. The average Bonchev–Trinajstić information content (AvgIpc) is 2.26. The molecule has 0 saturated carbocycles. The van der Waals surface area contributed by atoms with E-state index in [9.17, 15) is 13.2 Å². The number of hydrogen-bond acceptors (Lipinski definition) is 3. The van der Waals surface area contributed by atoms with E-state index in [-0.39, 0.29) is 20.9 Å². The van der Waals surface area contributed by atoms with E-state index < -0.39 is 27.9 Å². The molecule has 0 aliphatic rings. The predicted molar refractivity (Wildman–Crippen MR) is 63.7 cm³/mol. The molecular formula is C10H10O5S2. The lowest BCUT2D eigenvalue weighted by Crippen LogP contribution is -2.09. The van der Waals surface area contributed by atoms with E-state index in [4.69, 9.17) is 9.11 Å². The Labute approximate surface area is 103 Å². The first-order valence-corrected chi connectivity index (χ1v) is 6.62. The topological polar surface area (TPSA) is 91.7 Å². The first-order valence-electron chi connectivity index (χ1n) is 4.41. The molecule has 1 aromatic rings. The summed E-state index contributed by atoms with van der Waals surface area (Å²) in [4.78, 5) is 11.1. The summed E-state index contributed by atoms with van der Waals surface area (Å²) in [5, 5.41) is 0. The number of benzene rings is 1. The number of rotatable bonds is 4. The molecule has 0 amide bonds. The lowest BCUT2D eigenvalue weighted by molar-refractivity contribution is 0.103. The molecule has 0 radical (unpaired) electrons. The minimum atomic E-state index is -2.52. The Kier molecular flexibility index (Phi) is 4.47. The molecular weight excluding hydrogens is 264 g/mol. The van der Waals surface area contributed by atoms with Gasteiger partial charge in [0.2, 0.25) is 0 Å². The van der Waals surface area contributed by atoms with Crippen molar-refractivity contribution in [1.29, 1.82) is 0 Å². The van der Waals surface area contributed by atoms with E-state index in [2.05, 4.69) is 6.58 Å². The van der Waals surface area contributed by atoms with Gasteiger partial charge in [-0.3, -0.25) is 4.79 Å². The van der Waals surface area contributed by atoms with Crippen molar-refractivity contribution in [2.75, 3.05) is 0 Å². The molecule has 2 N–H and O–H groups in total. The van der Waals surface area contributed by atoms with Crippen LogP contribution >= 0.6 is 0 Å². The van der Waals surface area contributed by atoms with Gasteiger partial charge in [0.25, 0.3) is 0 Å². The maximum Gasteiger partial charge on any atom is 0.189 e. The summed E-state index contributed by atoms with van der Waals surface area (Å²) >= 11 is -4.96. The van der Waals surface area contributed by atoms with E-state index in [0.717, 1.165) is 0 Å². The van der Waals surface area contributed by atoms with E-state index in [1.54, 1.807) is 0 Å². The predicted octanol–water partition coefficient (Wildman–Crippen LogP) is 1.61. The summed E-state index contributed by atoms with van der Waals surface area (Å²) in [6, 6.07) is 3.90. The lowest BCUT2D eigenvalue weighted by Gasteiger charge is -2.08. The Morgan fingerprint density at radius 3 is 2.24 bits per heavy atom. The molecule has 1 rings (SSSR count). The zero-order valence-electron chi connectivity index (χ0n) is 8.87. The van der Waals surface area contributed by atoms with Crippen molar-refractivity contribution in [2.24, 2.45) is 0 Å². The van der Waals surface area contributed by atoms with Crippen LogP contribution in [0.1, 0.15) is 17.3 Å². The van der Waals surface area contributed by atoms with Crippen LogP contribution in [0.3, 0.4) is 0 Å². The van der Waals surface area contributed by atoms with Gasteiger partial charge in [0, 0.05) is 5.56 Å². The number of ketones is 1. The molecule has 0 saturated heterocycles. The van der Waals surface area contributed by atoms with Gasteiger partial charge in [-0.05, 0) is 24.6 Å². The largest absolute Gasteiger partial charge is 0.302 e. The third-order valence-electron chi connectivity index (χ3n) is 1.97. The van der Waals surface area contributed by atoms with Crippen molar-refractivity contribution in [1.82, 2.24) is 0 Å². The van der Waals surface area contributed by atoms with Crippen molar-refractivity contribution >= 4 is 27.9 Å². The van der Waals surface area contributed by atoms with Crippen molar-refractivity contribution in [3.63, 3.8) is 0 Å². The third-order valence-corrected chi connectivity index (χ3v) is 3.61. The molecule has 0 fully saturated rings. The molecule has 2 unspecified atom stereocenters. The van der Waals surface area contributed by atoms with Gasteiger partial charge in [-0.15, -0.1) is 0 Å². The Morgan fingerprint density at radius 1 is 1.24 bits per heavy atom. The van der Waals surface area contributed by atoms with Gasteiger partial charge in [0.05, 0.1) is 9.79 Å². The normalized spacial score (nSPS) is 14.1. The van der Waals surface area contributed by atoms with Gasteiger partial charge in [-0.25, -0.2) is 8.42 Å². The molecule has 0 aliphatic heterocycles. The quantitative estimate of drug-likeness (QED) is 0.494. The molecule has 5 nitrogen and oxygen atoms in total. The van der Waals surface area contributed by atoms with Crippen molar-refractivity contribution in [3.05, 3.63) is 35.9 Å². The van der Waals surface area contributed by atoms with Crippen LogP contribution < -0.4 is 0 Å². The molecule has 1 aromatic carbocycles. The number of carbonyl (C=O) groups is 1. The van der Waals surface area contributed by atoms with E-state index in [1.807, 2.05) is 0 Å². The Bertz CT molecular complexity index is 535. The Balaban J connectivity index is 3.56. The van der Waals surface area contributed by atoms with Crippen LogP contribution in [0.15, 0.2) is 40.1 Å². The molecule has 7 heteroatoms. The summed E-state index contributed by atoms with van der Waals surface area (Å²) in [7, 11) is 0. The molecule has 92 valence electrons. The highest BCUT2D eigenvalue weighted by Crippen LogP contribution is 2.23. The van der Waals surface area contributed by atoms with Crippen molar-refractivity contribution < 1.29 is 22.3 Å². The van der Waals surface area contributed by atoms with Gasteiger partial charge >= 0.3 is 0 Å². The van der Waals surface area contributed by atoms with Crippen molar-refractivity contribution in [3.8, 4) is 0 Å². The van der Waals surface area contributed by atoms with Crippen LogP contribution in [0.25, 0.3) is 0 Å². The number of Topliss-reactive ketones (excluding diaryl/α,β-unsaturated/α-hetero) is 1. The number of allylic oxidation sites excluding steroid dienone is 1. The van der Waals surface area contributed by atoms with Crippen LogP contribution in [0.4, 0.5) is 0 Å². The summed E-state index contributed by atoms with van der Waals surface area (Å²) in [5.41, 5.74) is 0.0933. The fourth-order valence-corrected chi connectivity index (χ4v) is 2.72. The SMILES string of the molecule is C=C(C)C(=O)c1cccc(S(=O)O)c1S(=O)O. The third kappa shape index (κ3) is 2.95. The standard InChI is InChI=1S/C10H10O5S2/c1-6(2)9(11)7-4-3-5-8(16(12)13)10(7)17(14)15/h3-5H,1H2,2H3,(H,12,13)(H,14,15). The Hall–Kier alpha value is -1.15. The van der Waals surface area contributed by atoms with Crippen LogP contribution in [0.5, 0.6) is 0 Å². The minimum Gasteiger partial charge on any atom is -0.302 e. The highest BCUT2D eigenvalue weighted by atomic mass is 32.2.